The number of hydrogen-bond donors (Lipinski definition) is 1. The molecule has 1 aromatic carbocycles. The molecule has 1 saturated carbocycles. The summed E-state index contributed by atoms with van der Waals surface area (Å²) in [5, 5.41) is 2.30. The van der Waals surface area contributed by atoms with Crippen LogP contribution in [0.25, 0.3) is 0 Å². The average Bonchev–Trinajstić information content (AvgIpc) is 3.21. The molecule has 20 heavy (non-hydrogen) atoms. The van der Waals surface area contributed by atoms with E-state index in [1.54, 1.807) is 12.1 Å². The van der Waals surface area contributed by atoms with E-state index in [9.17, 15) is 13.2 Å². The summed E-state index contributed by atoms with van der Waals surface area (Å²) in [6.07, 6.45) is -1.36. The summed E-state index contributed by atoms with van der Waals surface area (Å²) in [5.74, 6) is 0.528. The van der Waals surface area contributed by atoms with Gasteiger partial charge in [-0.05, 0) is 29.9 Å². The first-order valence-corrected chi connectivity index (χ1v) is 7.02. The summed E-state index contributed by atoms with van der Waals surface area (Å²) in [7, 11) is 0. The molecule has 2 fully saturated rings. The van der Waals surface area contributed by atoms with Crippen molar-refractivity contribution >= 4 is 0 Å². The number of benzene rings is 1. The van der Waals surface area contributed by atoms with Crippen molar-refractivity contribution in [3.05, 3.63) is 35.4 Å². The highest BCUT2D eigenvalue weighted by Crippen LogP contribution is 2.58. The molecule has 0 unspecified atom stereocenters. The second-order valence-corrected chi connectivity index (χ2v) is 5.84. The smallest absolute Gasteiger partial charge is 0.398 e. The molecule has 3 rings (SSSR count). The monoisotopic (exact) mass is 305 g/mol. The normalized spacial score (nSPS) is 22.1. The second kappa shape index (κ2) is 5.57. The summed E-state index contributed by atoms with van der Waals surface area (Å²) in [6.45, 7) is 2.25. The Hall–Kier alpha value is -0.740. The summed E-state index contributed by atoms with van der Waals surface area (Å²) < 4.78 is 39.1. The lowest BCUT2D eigenvalue weighted by Crippen LogP contribution is -3.00. The highest BCUT2D eigenvalue weighted by molar-refractivity contribution is 5.36. The predicted molar refractivity (Wildman–Crippen MR) is 67.0 cm³/mol. The van der Waals surface area contributed by atoms with Crippen LogP contribution in [0, 0.1) is 0 Å². The predicted octanol–water partition coefficient (Wildman–Crippen LogP) is -0.275. The minimum Gasteiger partial charge on any atom is -1.00 e. The van der Waals surface area contributed by atoms with Crippen molar-refractivity contribution in [2.75, 3.05) is 13.1 Å². The van der Waals surface area contributed by atoms with Crippen LogP contribution in [0.2, 0.25) is 0 Å². The van der Waals surface area contributed by atoms with Gasteiger partial charge in [-0.1, -0.05) is 24.3 Å². The Morgan fingerprint density at radius 1 is 1.00 bits per heavy atom. The van der Waals surface area contributed by atoms with Crippen LogP contribution in [0.3, 0.4) is 0 Å². The molecule has 2 N–H and O–H groups in total. The van der Waals surface area contributed by atoms with Crippen LogP contribution in [0.1, 0.15) is 42.7 Å². The maximum Gasteiger partial charge on any atom is 0.398 e. The fourth-order valence-corrected chi connectivity index (χ4v) is 3.20. The fourth-order valence-electron chi connectivity index (χ4n) is 3.20. The van der Waals surface area contributed by atoms with Gasteiger partial charge in [0.1, 0.15) is 0 Å². The minimum atomic E-state index is -4.10. The average molecular weight is 306 g/mol. The molecule has 5 heteroatoms. The highest BCUT2D eigenvalue weighted by atomic mass is 35.5. The summed E-state index contributed by atoms with van der Waals surface area (Å²) >= 11 is 0. The first-order valence-electron chi connectivity index (χ1n) is 7.02. The Kier molecular flexibility index (Phi) is 4.35. The lowest BCUT2D eigenvalue weighted by atomic mass is 9.87. The number of piperidine rings is 1. The molecule has 0 bridgehead atoms. The highest BCUT2D eigenvalue weighted by Gasteiger charge is 2.64. The van der Waals surface area contributed by atoms with Gasteiger partial charge < -0.3 is 17.7 Å². The Labute approximate surface area is 123 Å². The van der Waals surface area contributed by atoms with E-state index in [2.05, 4.69) is 5.32 Å². The maximum atomic E-state index is 13.0. The van der Waals surface area contributed by atoms with E-state index < -0.39 is 11.6 Å². The summed E-state index contributed by atoms with van der Waals surface area (Å²) in [5.41, 5.74) is 0.118. The van der Waals surface area contributed by atoms with E-state index in [0.717, 1.165) is 25.9 Å². The van der Waals surface area contributed by atoms with E-state index in [4.69, 9.17) is 0 Å². The largest absolute Gasteiger partial charge is 1.00 e. The quantitative estimate of drug-likeness (QED) is 0.774. The van der Waals surface area contributed by atoms with Crippen molar-refractivity contribution in [3.63, 3.8) is 0 Å². The molecule has 1 aromatic rings. The van der Waals surface area contributed by atoms with Crippen LogP contribution in [0.15, 0.2) is 24.3 Å². The first kappa shape index (κ1) is 15.6. The molecular formula is C15H19ClF3N. The Balaban J connectivity index is 0.00000147. The van der Waals surface area contributed by atoms with Crippen LogP contribution >= 0.6 is 0 Å². The molecule has 1 aliphatic heterocycles. The summed E-state index contributed by atoms with van der Waals surface area (Å²) in [6, 6.07) is 7.23. The minimum absolute atomic E-state index is 0. The van der Waals surface area contributed by atoms with Crippen LogP contribution in [-0.2, 0) is 5.41 Å². The Bertz CT molecular complexity index is 445. The standard InChI is InChI=1S/C15H18F3N.ClH/c16-15(17,18)14(7-8-14)13-3-1-11(2-4-13)12-5-9-19-10-6-12;/h1-4,12,19H,5-10H2;1H. The van der Waals surface area contributed by atoms with Crippen molar-refractivity contribution in [3.8, 4) is 0 Å². The van der Waals surface area contributed by atoms with Gasteiger partial charge in [-0.15, -0.1) is 0 Å². The SMILES string of the molecule is FC(F)(F)C1(c2ccc(C3CC[NH2+]CC3)cc2)CC1.[Cl-]. The van der Waals surface area contributed by atoms with Gasteiger partial charge in [0.2, 0.25) is 0 Å². The number of alkyl halides is 3. The van der Waals surface area contributed by atoms with Gasteiger partial charge in [0, 0.05) is 12.8 Å². The van der Waals surface area contributed by atoms with Gasteiger partial charge in [0.15, 0.2) is 0 Å². The van der Waals surface area contributed by atoms with E-state index >= 15 is 0 Å². The van der Waals surface area contributed by atoms with Crippen molar-refractivity contribution in [2.45, 2.75) is 43.2 Å². The molecule has 2 aliphatic rings. The number of hydrogen-bond acceptors (Lipinski definition) is 0. The zero-order chi connectivity index (χ0) is 13.5. The number of rotatable bonds is 2. The number of quaternary nitrogens is 1. The van der Waals surface area contributed by atoms with Crippen LogP contribution < -0.4 is 17.7 Å². The third kappa shape index (κ3) is 2.68. The van der Waals surface area contributed by atoms with E-state index in [0.29, 0.717) is 11.5 Å². The lowest BCUT2D eigenvalue weighted by Gasteiger charge is -2.23. The fraction of sp³-hybridized carbons (Fsp3) is 0.600. The molecule has 1 aliphatic carbocycles. The van der Waals surface area contributed by atoms with Crippen molar-refractivity contribution in [1.29, 1.82) is 0 Å². The van der Waals surface area contributed by atoms with Gasteiger partial charge >= 0.3 is 6.18 Å². The van der Waals surface area contributed by atoms with E-state index in [1.165, 1.54) is 5.56 Å². The molecule has 112 valence electrons. The molecule has 0 aromatic heterocycles. The maximum absolute atomic E-state index is 13.0. The van der Waals surface area contributed by atoms with Crippen LogP contribution in [-0.4, -0.2) is 19.3 Å². The molecule has 0 radical (unpaired) electrons. The summed E-state index contributed by atoms with van der Waals surface area (Å²) in [4.78, 5) is 0. The molecule has 0 atom stereocenters. The molecule has 1 heterocycles. The number of halogens is 4. The van der Waals surface area contributed by atoms with Crippen LogP contribution in [0.4, 0.5) is 13.2 Å². The van der Waals surface area contributed by atoms with Crippen molar-refractivity contribution < 1.29 is 30.9 Å². The zero-order valence-corrected chi connectivity index (χ0v) is 12.0. The van der Waals surface area contributed by atoms with Crippen molar-refractivity contribution in [1.82, 2.24) is 0 Å². The van der Waals surface area contributed by atoms with Gasteiger partial charge in [-0.25, -0.2) is 0 Å². The molecule has 0 spiro atoms. The van der Waals surface area contributed by atoms with Crippen LogP contribution in [0.5, 0.6) is 0 Å². The molecule has 1 saturated heterocycles. The van der Waals surface area contributed by atoms with Gasteiger partial charge in [0.05, 0.1) is 18.5 Å². The van der Waals surface area contributed by atoms with E-state index in [1.807, 2.05) is 12.1 Å². The number of nitrogens with two attached hydrogens (primary N) is 1. The second-order valence-electron chi connectivity index (χ2n) is 5.84. The molecular weight excluding hydrogens is 287 g/mol. The molecule has 1 nitrogen and oxygen atoms in total. The van der Waals surface area contributed by atoms with E-state index in [-0.39, 0.29) is 25.2 Å². The van der Waals surface area contributed by atoms with Gasteiger partial charge in [-0.3, -0.25) is 0 Å². The first-order chi connectivity index (χ1) is 9.03. The third-order valence-electron chi connectivity index (χ3n) is 4.67. The lowest BCUT2D eigenvalue weighted by molar-refractivity contribution is -0.663. The van der Waals surface area contributed by atoms with Crippen molar-refractivity contribution in [2.24, 2.45) is 0 Å². The molecule has 0 amide bonds. The third-order valence-corrected chi connectivity index (χ3v) is 4.67. The van der Waals surface area contributed by atoms with Gasteiger partial charge in [-0.2, -0.15) is 13.2 Å². The zero-order valence-electron chi connectivity index (χ0n) is 11.2. The Morgan fingerprint density at radius 3 is 2.00 bits per heavy atom. The Morgan fingerprint density at radius 2 is 1.55 bits per heavy atom. The topological polar surface area (TPSA) is 16.6 Å². The van der Waals surface area contributed by atoms with Gasteiger partial charge in [0.25, 0.3) is 0 Å².